The fraction of sp³-hybridized carbons (Fsp3) is 0.500. The standard InChI is InChI=1S/C12H18BrO4P/c1-3-16-18(15,17-4-2)12(14,10-13)11-8-6-5-7-9-11/h5-9,14H,3-4,10H2,1-2H3. The summed E-state index contributed by atoms with van der Waals surface area (Å²) in [6.07, 6.45) is 0. The molecular weight excluding hydrogens is 319 g/mol. The first-order valence-corrected chi connectivity index (χ1v) is 8.43. The molecule has 0 saturated heterocycles. The quantitative estimate of drug-likeness (QED) is 0.611. The average Bonchev–Trinajstić information content (AvgIpc) is 2.39. The molecule has 0 amide bonds. The van der Waals surface area contributed by atoms with Crippen molar-refractivity contribution >= 4 is 23.5 Å². The van der Waals surface area contributed by atoms with Crippen molar-refractivity contribution in [3.63, 3.8) is 0 Å². The van der Waals surface area contributed by atoms with Crippen LogP contribution in [-0.2, 0) is 19.0 Å². The minimum atomic E-state index is -3.65. The van der Waals surface area contributed by atoms with Crippen molar-refractivity contribution in [2.24, 2.45) is 0 Å². The van der Waals surface area contributed by atoms with E-state index in [2.05, 4.69) is 15.9 Å². The van der Waals surface area contributed by atoms with Gasteiger partial charge in [0.05, 0.1) is 13.2 Å². The van der Waals surface area contributed by atoms with Gasteiger partial charge in [-0.25, -0.2) is 0 Å². The van der Waals surface area contributed by atoms with E-state index in [9.17, 15) is 9.67 Å². The Hall–Kier alpha value is -0.190. The Balaban J connectivity index is 3.23. The molecule has 0 fully saturated rings. The summed E-state index contributed by atoms with van der Waals surface area (Å²) in [5, 5.41) is 9.10. The Morgan fingerprint density at radius 1 is 1.22 bits per heavy atom. The number of halogens is 1. The Morgan fingerprint density at radius 2 is 1.72 bits per heavy atom. The van der Waals surface area contributed by atoms with Crippen molar-refractivity contribution in [2.75, 3.05) is 18.5 Å². The van der Waals surface area contributed by atoms with Gasteiger partial charge in [0, 0.05) is 5.33 Å². The molecule has 0 bridgehead atoms. The fourth-order valence-corrected chi connectivity index (χ4v) is 4.64. The normalized spacial score (nSPS) is 15.3. The number of hydrogen-bond donors (Lipinski definition) is 1. The highest BCUT2D eigenvalue weighted by atomic mass is 79.9. The minimum absolute atomic E-state index is 0.0707. The molecule has 6 heteroatoms. The van der Waals surface area contributed by atoms with E-state index in [1.807, 2.05) is 6.07 Å². The van der Waals surface area contributed by atoms with Gasteiger partial charge < -0.3 is 14.2 Å². The summed E-state index contributed by atoms with van der Waals surface area (Å²) in [6, 6.07) is 8.76. The van der Waals surface area contributed by atoms with Crippen LogP contribution in [0.5, 0.6) is 0 Å². The van der Waals surface area contributed by atoms with E-state index < -0.39 is 12.9 Å². The smallest absolute Gasteiger partial charge is 0.367 e. The molecule has 1 rings (SSSR count). The molecule has 0 aliphatic rings. The summed E-state index contributed by atoms with van der Waals surface area (Å²) in [5.74, 6) is 0. The van der Waals surface area contributed by atoms with E-state index in [1.165, 1.54) is 0 Å². The van der Waals surface area contributed by atoms with Crippen LogP contribution in [-0.4, -0.2) is 23.7 Å². The third kappa shape index (κ3) is 3.03. The van der Waals surface area contributed by atoms with Crippen LogP contribution in [0.3, 0.4) is 0 Å². The first kappa shape index (κ1) is 15.9. The summed E-state index contributed by atoms with van der Waals surface area (Å²) in [5.41, 5.74) is 0.507. The molecule has 1 atom stereocenters. The Bertz CT molecular complexity index is 402. The van der Waals surface area contributed by atoms with Crippen molar-refractivity contribution < 1.29 is 18.7 Å². The predicted octanol–water partition coefficient (Wildman–Crippen LogP) is 3.49. The maximum atomic E-state index is 12.7. The monoisotopic (exact) mass is 336 g/mol. The van der Waals surface area contributed by atoms with Crippen LogP contribution in [0.4, 0.5) is 0 Å². The summed E-state index contributed by atoms with van der Waals surface area (Å²) < 4.78 is 23.2. The highest BCUT2D eigenvalue weighted by Gasteiger charge is 2.50. The zero-order valence-electron chi connectivity index (χ0n) is 10.5. The lowest BCUT2D eigenvalue weighted by molar-refractivity contribution is 0.0848. The molecule has 18 heavy (non-hydrogen) atoms. The number of benzene rings is 1. The second kappa shape index (κ2) is 6.83. The highest BCUT2D eigenvalue weighted by molar-refractivity contribution is 9.09. The van der Waals surface area contributed by atoms with Crippen LogP contribution >= 0.6 is 23.5 Å². The zero-order chi connectivity index (χ0) is 13.6. The Labute approximate surface area is 116 Å². The van der Waals surface area contributed by atoms with Gasteiger partial charge in [0.1, 0.15) is 0 Å². The van der Waals surface area contributed by atoms with Crippen LogP contribution in [0, 0.1) is 0 Å². The van der Waals surface area contributed by atoms with Gasteiger partial charge in [0.15, 0.2) is 0 Å². The van der Waals surface area contributed by atoms with Crippen molar-refractivity contribution in [1.29, 1.82) is 0 Å². The molecule has 1 N–H and O–H groups in total. The van der Waals surface area contributed by atoms with Crippen LogP contribution < -0.4 is 0 Å². The molecule has 0 aliphatic heterocycles. The van der Waals surface area contributed by atoms with Crippen molar-refractivity contribution in [1.82, 2.24) is 0 Å². The summed E-state index contributed by atoms with van der Waals surface area (Å²) in [4.78, 5) is 0. The highest BCUT2D eigenvalue weighted by Crippen LogP contribution is 2.64. The molecule has 0 heterocycles. The SMILES string of the molecule is CCOP(=O)(OCC)C(O)(CBr)c1ccccc1. The van der Waals surface area contributed by atoms with E-state index in [0.29, 0.717) is 5.56 Å². The zero-order valence-corrected chi connectivity index (χ0v) is 13.0. The summed E-state index contributed by atoms with van der Waals surface area (Å²) >= 11 is 3.20. The van der Waals surface area contributed by atoms with Crippen LogP contribution in [0.1, 0.15) is 19.4 Å². The molecule has 1 aromatic rings. The van der Waals surface area contributed by atoms with Crippen molar-refractivity contribution in [3.05, 3.63) is 35.9 Å². The van der Waals surface area contributed by atoms with Crippen LogP contribution in [0.15, 0.2) is 30.3 Å². The number of aliphatic hydroxyl groups is 1. The number of hydrogen-bond acceptors (Lipinski definition) is 4. The molecule has 0 radical (unpaired) electrons. The predicted molar refractivity (Wildman–Crippen MR) is 75.0 cm³/mol. The molecular formula is C12H18BrO4P. The van der Waals surface area contributed by atoms with E-state index in [1.54, 1.807) is 38.1 Å². The molecule has 0 saturated carbocycles. The van der Waals surface area contributed by atoms with Gasteiger partial charge >= 0.3 is 7.60 Å². The van der Waals surface area contributed by atoms with E-state index >= 15 is 0 Å². The minimum Gasteiger partial charge on any atom is -0.373 e. The van der Waals surface area contributed by atoms with Gasteiger partial charge in [0.25, 0.3) is 0 Å². The second-order valence-electron chi connectivity index (χ2n) is 3.65. The topological polar surface area (TPSA) is 55.8 Å². The van der Waals surface area contributed by atoms with Crippen molar-refractivity contribution in [2.45, 2.75) is 19.2 Å². The first-order valence-electron chi connectivity index (χ1n) is 5.77. The lowest BCUT2D eigenvalue weighted by atomic mass is 10.1. The Kier molecular flexibility index (Phi) is 6.02. The maximum absolute atomic E-state index is 12.7. The number of rotatable bonds is 7. The molecule has 102 valence electrons. The first-order chi connectivity index (χ1) is 8.54. The molecule has 1 aromatic carbocycles. The van der Waals surface area contributed by atoms with Crippen LogP contribution in [0.25, 0.3) is 0 Å². The lowest BCUT2D eigenvalue weighted by Gasteiger charge is -2.33. The fourth-order valence-electron chi connectivity index (χ4n) is 1.60. The number of alkyl halides is 1. The van der Waals surface area contributed by atoms with Gasteiger partial charge in [-0.3, -0.25) is 4.57 Å². The van der Waals surface area contributed by atoms with Gasteiger partial charge in [-0.05, 0) is 19.4 Å². The van der Waals surface area contributed by atoms with E-state index in [-0.39, 0.29) is 18.5 Å². The van der Waals surface area contributed by atoms with Crippen molar-refractivity contribution in [3.8, 4) is 0 Å². The lowest BCUT2D eigenvalue weighted by Crippen LogP contribution is -2.30. The molecule has 0 aliphatic carbocycles. The third-order valence-electron chi connectivity index (χ3n) is 2.47. The van der Waals surface area contributed by atoms with Crippen LogP contribution in [0.2, 0.25) is 0 Å². The summed E-state index contributed by atoms with van der Waals surface area (Å²) in [7, 11) is -3.65. The van der Waals surface area contributed by atoms with Gasteiger partial charge in [-0.2, -0.15) is 0 Å². The largest absolute Gasteiger partial charge is 0.373 e. The summed E-state index contributed by atoms with van der Waals surface area (Å²) in [6.45, 7) is 3.84. The third-order valence-corrected chi connectivity index (χ3v) is 6.24. The van der Waals surface area contributed by atoms with Gasteiger partial charge in [-0.15, -0.1) is 0 Å². The van der Waals surface area contributed by atoms with E-state index in [0.717, 1.165) is 0 Å². The Morgan fingerprint density at radius 3 is 2.11 bits per heavy atom. The molecule has 4 nitrogen and oxygen atoms in total. The molecule has 0 spiro atoms. The van der Waals surface area contributed by atoms with Gasteiger partial charge in [0.2, 0.25) is 5.34 Å². The molecule has 1 unspecified atom stereocenters. The second-order valence-corrected chi connectivity index (χ2v) is 6.46. The molecule has 0 aromatic heterocycles. The van der Waals surface area contributed by atoms with E-state index in [4.69, 9.17) is 9.05 Å². The maximum Gasteiger partial charge on any atom is 0.367 e. The van der Waals surface area contributed by atoms with Gasteiger partial charge in [-0.1, -0.05) is 46.3 Å². The average molecular weight is 337 g/mol.